The minimum atomic E-state index is -2.35. The van der Waals surface area contributed by atoms with Gasteiger partial charge in [0.05, 0.1) is 7.74 Å². The van der Waals surface area contributed by atoms with E-state index in [1.54, 1.807) is 21.3 Å². The average Bonchev–Trinajstić information content (AvgIpc) is 2.28. The molecule has 0 bridgehead atoms. The SMILES string of the molecule is CCC(CC[Si](OC)(OC)OC)P[Si](C)(C)C. The second kappa shape index (κ2) is 8.02. The molecular formula is C11H29O3PSi2. The van der Waals surface area contributed by atoms with Gasteiger partial charge in [0, 0.05) is 27.4 Å². The van der Waals surface area contributed by atoms with Gasteiger partial charge in [-0.2, -0.15) is 0 Å². The van der Waals surface area contributed by atoms with E-state index in [1.807, 2.05) is 0 Å². The van der Waals surface area contributed by atoms with E-state index < -0.39 is 16.5 Å². The van der Waals surface area contributed by atoms with Crippen molar-refractivity contribution in [3.63, 3.8) is 0 Å². The van der Waals surface area contributed by atoms with Gasteiger partial charge in [0.25, 0.3) is 0 Å². The molecule has 0 aromatic carbocycles. The maximum absolute atomic E-state index is 5.47. The molecule has 17 heavy (non-hydrogen) atoms. The summed E-state index contributed by atoms with van der Waals surface area (Å²) in [4.78, 5) is 0. The minimum Gasteiger partial charge on any atom is -0.377 e. The first kappa shape index (κ1) is 17.7. The molecule has 0 heterocycles. The van der Waals surface area contributed by atoms with Crippen LogP contribution in [-0.2, 0) is 13.3 Å². The lowest BCUT2D eigenvalue weighted by atomic mass is 10.3. The Kier molecular flexibility index (Phi) is 8.37. The van der Waals surface area contributed by atoms with Gasteiger partial charge in [-0.05, 0) is 18.5 Å². The van der Waals surface area contributed by atoms with Gasteiger partial charge >= 0.3 is 8.80 Å². The fourth-order valence-corrected chi connectivity index (χ4v) is 10.4. The van der Waals surface area contributed by atoms with Gasteiger partial charge < -0.3 is 13.3 Å². The fourth-order valence-electron chi connectivity index (χ4n) is 1.90. The maximum atomic E-state index is 5.47. The van der Waals surface area contributed by atoms with E-state index in [4.69, 9.17) is 13.3 Å². The lowest BCUT2D eigenvalue weighted by molar-refractivity contribution is 0.123. The Morgan fingerprint density at radius 3 is 1.76 bits per heavy atom. The normalized spacial score (nSPS) is 15.7. The van der Waals surface area contributed by atoms with Crippen molar-refractivity contribution in [2.45, 2.75) is 51.1 Å². The Morgan fingerprint density at radius 1 is 1.00 bits per heavy atom. The summed E-state index contributed by atoms with van der Waals surface area (Å²) in [5, 5.41) is 0. The Morgan fingerprint density at radius 2 is 1.47 bits per heavy atom. The molecule has 2 unspecified atom stereocenters. The molecule has 0 saturated heterocycles. The van der Waals surface area contributed by atoms with Crippen LogP contribution in [0.25, 0.3) is 0 Å². The van der Waals surface area contributed by atoms with Gasteiger partial charge in [-0.3, -0.25) is 0 Å². The molecule has 0 spiro atoms. The Balaban J connectivity index is 4.30. The standard InChI is InChI=1S/C11H29O3PSi2/c1-8-11(15-16(5,6)7)9-10-17(12-2,13-3)14-4/h11,15H,8-10H2,1-7H3. The van der Waals surface area contributed by atoms with Gasteiger partial charge in [-0.15, -0.1) is 8.13 Å². The summed E-state index contributed by atoms with van der Waals surface area (Å²) in [5.74, 6) is 0. The summed E-state index contributed by atoms with van der Waals surface area (Å²) in [6.07, 6.45) is 2.42. The highest BCUT2D eigenvalue weighted by molar-refractivity contribution is 7.81. The predicted octanol–water partition coefficient (Wildman–Crippen LogP) is 3.55. The fraction of sp³-hybridized carbons (Fsp3) is 1.00. The molecule has 0 aliphatic heterocycles. The molecule has 2 atom stereocenters. The minimum absolute atomic E-state index is 0.814. The third-order valence-electron chi connectivity index (χ3n) is 2.86. The molecule has 0 N–H and O–H groups in total. The summed E-state index contributed by atoms with van der Waals surface area (Å²) >= 11 is 0. The molecule has 3 nitrogen and oxygen atoms in total. The molecule has 0 aromatic rings. The van der Waals surface area contributed by atoms with Crippen LogP contribution in [0.3, 0.4) is 0 Å². The van der Waals surface area contributed by atoms with Crippen molar-refractivity contribution < 1.29 is 13.3 Å². The molecule has 0 amide bonds. The molecule has 0 aliphatic rings. The van der Waals surface area contributed by atoms with E-state index >= 15 is 0 Å². The van der Waals surface area contributed by atoms with Gasteiger partial charge in [-0.25, -0.2) is 0 Å². The molecule has 104 valence electrons. The lowest BCUT2D eigenvalue weighted by Gasteiger charge is -2.28. The van der Waals surface area contributed by atoms with Crippen LogP contribution in [0, 0.1) is 0 Å². The second-order valence-corrected chi connectivity index (χ2v) is 19.4. The molecule has 0 aliphatic carbocycles. The first-order chi connectivity index (χ1) is 7.82. The van der Waals surface area contributed by atoms with Crippen molar-refractivity contribution in [3.05, 3.63) is 0 Å². The Hall–Kier alpha value is 0.744. The van der Waals surface area contributed by atoms with Crippen molar-refractivity contribution >= 4 is 24.7 Å². The smallest absolute Gasteiger partial charge is 0.377 e. The summed E-state index contributed by atoms with van der Waals surface area (Å²) in [5.41, 5.74) is 0.814. The van der Waals surface area contributed by atoms with E-state index in [0.717, 1.165) is 19.8 Å². The van der Waals surface area contributed by atoms with Crippen molar-refractivity contribution in [1.29, 1.82) is 0 Å². The van der Waals surface area contributed by atoms with Crippen LogP contribution >= 0.6 is 8.13 Å². The molecule has 0 rings (SSSR count). The van der Waals surface area contributed by atoms with E-state index in [0.29, 0.717) is 0 Å². The molecule has 0 saturated carbocycles. The van der Waals surface area contributed by atoms with Crippen molar-refractivity contribution in [1.82, 2.24) is 0 Å². The van der Waals surface area contributed by atoms with Crippen molar-refractivity contribution in [3.8, 4) is 0 Å². The van der Waals surface area contributed by atoms with Gasteiger partial charge in [-0.1, -0.05) is 26.6 Å². The summed E-state index contributed by atoms with van der Waals surface area (Å²) in [6, 6.07) is 0.937. The van der Waals surface area contributed by atoms with Gasteiger partial charge in [0.1, 0.15) is 0 Å². The topological polar surface area (TPSA) is 27.7 Å². The molecule has 0 fully saturated rings. The highest BCUT2D eigenvalue weighted by Gasteiger charge is 2.38. The van der Waals surface area contributed by atoms with Gasteiger partial charge in [0.2, 0.25) is 0 Å². The third-order valence-corrected chi connectivity index (χ3v) is 11.4. The number of hydrogen-bond acceptors (Lipinski definition) is 3. The van der Waals surface area contributed by atoms with Crippen LogP contribution in [0.5, 0.6) is 0 Å². The zero-order valence-corrected chi connectivity index (χ0v) is 15.4. The maximum Gasteiger partial charge on any atom is 0.500 e. The quantitative estimate of drug-likeness (QED) is 0.481. The van der Waals surface area contributed by atoms with Crippen molar-refractivity contribution in [2.75, 3.05) is 21.3 Å². The van der Waals surface area contributed by atoms with Gasteiger partial charge in [0.15, 0.2) is 0 Å². The van der Waals surface area contributed by atoms with Crippen LogP contribution in [0.4, 0.5) is 0 Å². The number of rotatable bonds is 9. The van der Waals surface area contributed by atoms with Crippen LogP contribution < -0.4 is 0 Å². The average molecular weight is 296 g/mol. The first-order valence-electron chi connectivity index (χ1n) is 6.25. The van der Waals surface area contributed by atoms with Crippen LogP contribution in [0.15, 0.2) is 0 Å². The van der Waals surface area contributed by atoms with Crippen LogP contribution in [0.2, 0.25) is 25.7 Å². The molecule has 6 heteroatoms. The number of hydrogen-bond donors (Lipinski definition) is 0. The third kappa shape index (κ3) is 7.04. The predicted molar refractivity (Wildman–Crippen MR) is 81.9 cm³/mol. The van der Waals surface area contributed by atoms with Crippen LogP contribution in [-0.4, -0.2) is 43.5 Å². The molecule has 0 radical (unpaired) electrons. The summed E-state index contributed by atoms with van der Waals surface area (Å²) in [7, 11) is 2.90. The zero-order valence-electron chi connectivity index (χ0n) is 12.4. The second-order valence-electron chi connectivity index (χ2n) is 5.33. The van der Waals surface area contributed by atoms with E-state index in [2.05, 4.69) is 26.6 Å². The summed E-state index contributed by atoms with van der Waals surface area (Å²) in [6.45, 7) is 9.62. The first-order valence-corrected chi connectivity index (χ1v) is 13.8. The van der Waals surface area contributed by atoms with Crippen molar-refractivity contribution in [2.24, 2.45) is 0 Å². The highest BCUT2D eigenvalue weighted by atomic mass is 31.3. The Labute approximate surface area is 111 Å². The largest absolute Gasteiger partial charge is 0.500 e. The van der Waals surface area contributed by atoms with E-state index in [1.165, 1.54) is 12.8 Å². The van der Waals surface area contributed by atoms with Crippen LogP contribution in [0.1, 0.15) is 19.8 Å². The van der Waals surface area contributed by atoms with E-state index in [-0.39, 0.29) is 0 Å². The monoisotopic (exact) mass is 296 g/mol. The molecular weight excluding hydrogens is 267 g/mol. The Bertz CT molecular complexity index is 197. The molecule has 0 aromatic heterocycles. The lowest BCUT2D eigenvalue weighted by Crippen LogP contribution is -2.43. The highest BCUT2D eigenvalue weighted by Crippen LogP contribution is 2.37. The summed E-state index contributed by atoms with van der Waals surface area (Å²) < 4.78 is 16.4. The van der Waals surface area contributed by atoms with E-state index in [9.17, 15) is 0 Å². The zero-order chi connectivity index (χ0) is 13.5.